The number of carbonyl (C=O) groups excluding carboxylic acids is 2. The molecule has 0 unspecified atom stereocenters. The maximum absolute atomic E-state index is 10.9. The van der Waals surface area contributed by atoms with Crippen molar-refractivity contribution >= 4 is 28.7 Å². The average Bonchev–Trinajstić information content (AvgIpc) is 2.41. The summed E-state index contributed by atoms with van der Waals surface area (Å²) in [6.45, 7) is 0. The van der Waals surface area contributed by atoms with Crippen molar-refractivity contribution in [2.75, 3.05) is 5.32 Å². The zero-order chi connectivity index (χ0) is 7.14. The number of amides is 1. The normalized spacial score (nSPS) is 15.2. The van der Waals surface area contributed by atoms with Crippen LogP contribution in [-0.4, -0.2) is 11.7 Å². The summed E-state index contributed by atoms with van der Waals surface area (Å²) in [6, 6.07) is 0. The molecule has 1 amide bonds. The minimum Gasteiger partial charge on any atom is -0.318 e. The minimum atomic E-state index is -0.516. The molecule has 3 nitrogen and oxygen atoms in total. The number of fused-ring (bicyclic) bond motifs is 1. The molecule has 0 fully saturated rings. The summed E-state index contributed by atoms with van der Waals surface area (Å²) in [6.07, 6.45) is 0. The van der Waals surface area contributed by atoms with Crippen LogP contribution in [0, 0.1) is 0 Å². The van der Waals surface area contributed by atoms with E-state index < -0.39 is 11.7 Å². The van der Waals surface area contributed by atoms with Crippen LogP contribution in [0.3, 0.4) is 0 Å². The molecule has 10 heavy (non-hydrogen) atoms. The van der Waals surface area contributed by atoms with Crippen molar-refractivity contribution in [3.8, 4) is 0 Å². The smallest absolute Gasteiger partial charge is 0.296 e. The second-order valence-corrected chi connectivity index (χ2v) is 2.73. The summed E-state index contributed by atoms with van der Waals surface area (Å²) in [5.41, 5.74) is 1.16. The van der Waals surface area contributed by atoms with Crippen molar-refractivity contribution in [2.45, 2.75) is 0 Å². The lowest BCUT2D eigenvalue weighted by Gasteiger charge is -1.83. The first-order chi connectivity index (χ1) is 4.79. The lowest BCUT2D eigenvalue weighted by Crippen LogP contribution is -2.12. The molecule has 1 aromatic heterocycles. The van der Waals surface area contributed by atoms with Gasteiger partial charge in [0.05, 0.1) is 11.3 Å². The molecule has 2 rings (SSSR count). The van der Waals surface area contributed by atoms with E-state index in [1.165, 1.54) is 11.3 Å². The lowest BCUT2D eigenvalue weighted by molar-refractivity contribution is -0.112. The lowest BCUT2D eigenvalue weighted by atomic mass is 10.2. The number of thiophene rings is 1. The first-order valence-electron chi connectivity index (χ1n) is 2.71. The van der Waals surface area contributed by atoms with Crippen molar-refractivity contribution in [1.29, 1.82) is 0 Å². The van der Waals surface area contributed by atoms with Crippen molar-refractivity contribution in [2.24, 2.45) is 0 Å². The Balaban J connectivity index is 2.63. The van der Waals surface area contributed by atoms with Gasteiger partial charge in [0.1, 0.15) is 0 Å². The molecule has 4 heteroatoms. The third-order valence-electron chi connectivity index (χ3n) is 1.36. The van der Waals surface area contributed by atoms with Crippen LogP contribution >= 0.6 is 11.3 Å². The number of nitrogens with one attached hydrogen (secondary N) is 1. The van der Waals surface area contributed by atoms with Crippen molar-refractivity contribution in [1.82, 2.24) is 0 Å². The largest absolute Gasteiger partial charge is 0.318 e. The molecule has 1 N–H and O–H groups in total. The third kappa shape index (κ3) is 0.537. The number of hydrogen-bond acceptors (Lipinski definition) is 3. The van der Waals surface area contributed by atoms with Gasteiger partial charge in [-0.05, 0) is 0 Å². The molecule has 0 aliphatic carbocycles. The standard InChI is InChI=1S/C6H3NO2S/c8-5-3-1-10-2-4(3)7-6(5)9/h1-2H,(H,7,9). The van der Waals surface area contributed by atoms with E-state index in [0.29, 0.717) is 11.3 Å². The van der Waals surface area contributed by atoms with Gasteiger partial charge in [-0.1, -0.05) is 0 Å². The fourth-order valence-corrected chi connectivity index (χ4v) is 1.63. The summed E-state index contributed by atoms with van der Waals surface area (Å²) in [4.78, 5) is 21.5. The van der Waals surface area contributed by atoms with Crippen LogP contribution in [-0.2, 0) is 4.79 Å². The molecule has 0 spiro atoms. The summed E-state index contributed by atoms with van der Waals surface area (Å²) in [7, 11) is 0. The molecule has 1 aliphatic heterocycles. The van der Waals surface area contributed by atoms with Gasteiger partial charge in [0.15, 0.2) is 0 Å². The second-order valence-electron chi connectivity index (χ2n) is 1.98. The number of Topliss-reactive ketones (excluding diaryl/α,β-unsaturated/α-hetero) is 1. The number of anilines is 1. The van der Waals surface area contributed by atoms with Gasteiger partial charge in [0.25, 0.3) is 11.7 Å². The van der Waals surface area contributed by atoms with Crippen molar-refractivity contribution in [3.63, 3.8) is 0 Å². The van der Waals surface area contributed by atoms with E-state index in [-0.39, 0.29) is 0 Å². The highest BCUT2D eigenvalue weighted by Crippen LogP contribution is 2.26. The Labute approximate surface area is 60.7 Å². The number of ketones is 1. The van der Waals surface area contributed by atoms with Crippen LogP contribution in [0.25, 0.3) is 0 Å². The molecule has 1 aliphatic rings. The number of hydrogen-bond donors (Lipinski definition) is 1. The van der Waals surface area contributed by atoms with Crippen LogP contribution < -0.4 is 5.32 Å². The van der Waals surface area contributed by atoms with Gasteiger partial charge < -0.3 is 5.32 Å². The summed E-state index contributed by atoms with van der Waals surface area (Å²) in [5, 5.41) is 5.87. The van der Waals surface area contributed by atoms with E-state index in [1.807, 2.05) is 0 Å². The Morgan fingerprint density at radius 3 is 2.80 bits per heavy atom. The minimum absolute atomic E-state index is 0.420. The van der Waals surface area contributed by atoms with E-state index in [9.17, 15) is 9.59 Å². The summed E-state index contributed by atoms with van der Waals surface area (Å²) >= 11 is 1.41. The molecule has 0 bridgehead atoms. The van der Waals surface area contributed by atoms with Gasteiger partial charge in [-0.3, -0.25) is 9.59 Å². The van der Waals surface area contributed by atoms with Gasteiger partial charge in [-0.15, -0.1) is 11.3 Å². The maximum atomic E-state index is 10.9. The third-order valence-corrected chi connectivity index (χ3v) is 2.10. The highest BCUT2D eigenvalue weighted by atomic mass is 32.1. The Morgan fingerprint density at radius 2 is 2.10 bits per heavy atom. The molecular formula is C6H3NO2S. The summed E-state index contributed by atoms with van der Waals surface area (Å²) < 4.78 is 0. The van der Waals surface area contributed by atoms with Gasteiger partial charge in [0, 0.05) is 10.8 Å². The van der Waals surface area contributed by atoms with Gasteiger partial charge in [0.2, 0.25) is 0 Å². The first-order valence-corrected chi connectivity index (χ1v) is 3.65. The summed E-state index contributed by atoms with van der Waals surface area (Å²) in [5.74, 6) is -0.936. The molecular weight excluding hydrogens is 150 g/mol. The Bertz CT molecular complexity index is 315. The molecule has 0 atom stereocenters. The maximum Gasteiger partial charge on any atom is 0.296 e. The van der Waals surface area contributed by atoms with Crippen LogP contribution in [0.5, 0.6) is 0 Å². The average molecular weight is 153 g/mol. The van der Waals surface area contributed by atoms with E-state index in [4.69, 9.17) is 0 Å². The quantitative estimate of drug-likeness (QED) is 0.562. The second kappa shape index (κ2) is 1.67. The van der Waals surface area contributed by atoms with Gasteiger partial charge >= 0.3 is 0 Å². The van der Waals surface area contributed by atoms with Crippen molar-refractivity contribution in [3.05, 3.63) is 16.3 Å². The fourth-order valence-electron chi connectivity index (χ4n) is 0.871. The monoisotopic (exact) mass is 153 g/mol. The molecule has 2 heterocycles. The van der Waals surface area contributed by atoms with Crippen LogP contribution in [0.2, 0.25) is 0 Å². The number of rotatable bonds is 0. The van der Waals surface area contributed by atoms with Gasteiger partial charge in [-0.2, -0.15) is 0 Å². The van der Waals surface area contributed by atoms with E-state index in [2.05, 4.69) is 5.32 Å². The highest BCUT2D eigenvalue weighted by Gasteiger charge is 2.27. The fraction of sp³-hybridized carbons (Fsp3) is 0. The number of carbonyl (C=O) groups is 2. The topological polar surface area (TPSA) is 46.2 Å². The SMILES string of the molecule is O=C1Nc2cscc2C1=O. The molecule has 1 aromatic rings. The molecule has 0 saturated carbocycles. The van der Waals surface area contributed by atoms with Gasteiger partial charge in [-0.25, -0.2) is 0 Å². The van der Waals surface area contributed by atoms with E-state index >= 15 is 0 Å². The predicted octanol–water partition coefficient (Wildman–Crippen LogP) is 0.883. The van der Waals surface area contributed by atoms with Crippen molar-refractivity contribution < 1.29 is 9.59 Å². The Kier molecular flexibility index (Phi) is 0.935. The first kappa shape index (κ1) is 5.61. The highest BCUT2D eigenvalue weighted by molar-refractivity contribution is 7.09. The van der Waals surface area contributed by atoms with E-state index in [0.717, 1.165) is 0 Å². The molecule has 0 saturated heterocycles. The molecule has 50 valence electrons. The van der Waals surface area contributed by atoms with E-state index in [1.54, 1.807) is 10.8 Å². The predicted molar refractivity (Wildman–Crippen MR) is 37.3 cm³/mol. The zero-order valence-corrected chi connectivity index (χ0v) is 5.70. The van der Waals surface area contributed by atoms with Crippen LogP contribution in [0.1, 0.15) is 10.4 Å². The van der Waals surface area contributed by atoms with Crippen LogP contribution in [0.15, 0.2) is 10.8 Å². The Morgan fingerprint density at radius 1 is 1.30 bits per heavy atom. The molecule has 0 radical (unpaired) electrons. The molecule has 0 aromatic carbocycles. The Hall–Kier alpha value is -1.16. The van der Waals surface area contributed by atoms with Crippen LogP contribution in [0.4, 0.5) is 5.69 Å². The zero-order valence-electron chi connectivity index (χ0n) is 4.88.